The summed E-state index contributed by atoms with van der Waals surface area (Å²) in [6.07, 6.45) is 1.12. The Bertz CT molecular complexity index is 1110. The van der Waals surface area contributed by atoms with Crippen molar-refractivity contribution in [2.75, 3.05) is 41.7 Å². The van der Waals surface area contributed by atoms with Crippen LogP contribution >= 0.6 is 0 Å². The topological polar surface area (TPSA) is 102 Å². The molecule has 1 saturated heterocycles. The van der Waals surface area contributed by atoms with Gasteiger partial charge in [-0.2, -0.15) is 10.1 Å². The smallest absolute Gasteiger partial charge is 0.229 e. The Kier molecular flexibility index (Phi) is 6.17. The lowest BCUT2D eigenvalue weighted by atomic mass is 9.92. The fourth-order valence-electron chi connectivity index (χ4n) is 3.57. The second-order valence-electron chi connectivity index (χ2n) is 9.10. The monoisotopic (exact) mass is 452 g/mol. The molecule has 10 heteroatoms. The minimum absolute atomic E-state index is 0.0411. The van der Waals surface area contributed by atoms with Crippen molar-refractivity contribution in [2.45, 2.75) is 33.1 Å². The van der Waals surface area contributed by atoms with Crippen molar-refractivity contribution in [3.05, 3.63) is 48.0 Å². The lowest BCUT2D eigenvalue weighted by Gasteiger charge is -2.35. The van der Waals surface area contributed by atoms with E-state index in [1.54, 1.807) is 6.92 Å². The van der Waals surface area contributed by atoms with Gasteiger partial charge in [-0.25, -0.2) is 9.37 Å². The number of benzene rings is 1. The van der Waals surface area contributed by atoms with Crippen molar-refractivity contribution >= 4 is 34.9 Å². The third kappa shape index (κ3) is 5.39. The number of hydrogen-bond donors (Lipinski definition) is 3. The molecule has 0 atom stereocenters. The number of carbonyl (C=O) groups excluding carboxylic acids is 1. The Balaban J connectivity index is 1.41. The highest BCUT2D eigenvalue weighted by Crippen LogP contribution is 2.25. The number of aromatic nitrogens is 4. The fourth-order valence-corrected chi connectivity index (χ4v) is 3.57. The molecule has 0 saturated carbocycles. The number of carbonyl (C=O) groups is 1. The zero-order valence-corrected chi connectivity index (χ0v) is 19.3. The molecule has 0 radical (unpaired) electrons. The maximum Gasteiger partial charge on any atom is 0.229 e. The van der Waals surface area contributed by atoms with Gasteiger partial charge in [0.05, 0.1) is 6.20 Å². The molecule has 1 fully saturated rings. The van der Waals surface area contributed by atoms with Gasteiger partial charge in [0.25, 0.3) is 0 Å². The Morgan fingerprint density at radius 2 is 1.79 bits per heavy atom. The number of nitrogens with zero attached hydrogens (tertiary/aromatic N) is 5. The van der Waals surface area contributed by atoms with Crippen molar-refractivity contribution in [1.29, 1.82) is 0 Å². The lowest BCUT2D eigenvalue weighted by Crippen LogP contribution is -2.48. The first-order valence-electron chi connectivity index (χ1n) is 10.9. The summed E-state index contributed by atoms with van der Waals surface area (Å²) in [5, 5.41) is 13.2. The van der Waals surface area contributed by atoms with Crippen molar-refractivity contribution in [3.63, 3.8) is 0 Å². The number of rotatable bonds is 5. The SMILES string of the molecule is CC(=O)N1CCN(c2ccc(Nc3ncc(F)c(Nc4cc(C(C)(C)C)[nH]n4)n3)cc2)CC1. The van der Waals surface area contributed by atoms with Crippen molar-refractivity contribution < 1.29 is 9.18 Å². The average molecular weight is 453 g/mol. The van der Waals surface area contributed by atoms with Crippen LogP contribution in [-0.4, -0.2) is 57.2 Å². The summed E-state index contributed by atoms with van der Waals surface area (Å²) in [5.41, 5.74) is 2.70. The number of piperazine rings is 1. The minimum Gasteiger partial charge on any atom is -0.368 e. The molecule has 1 aliphatic rings. The number of halogens is 1. The van der Waals surface area contributed by atoms with E-state index in [9.17, 15) is 9.18 Å². The third-order valence-electron chi connectivity index (χ3n) is 5.59. The number of hydrogen-bond acceptors (Lipinski definition) is 7. The van der Waals surface area contributed by atoms with E-state index in [0.717, 1.165) is 49.4 Å². The standard InChI is InChI=1S/C23H29FN8O/c1-15(33)31-9-11-32(12-10-31)17-7-5-16(6-8-17)26-22-25-14-18(24)21(28-22)27-20-13-19(29-30-20)23(2,3)4/h5-8,13-14H,9-12H2,1-4H3,(H3,25,26,27,28,29,30). The molecule has 3 aromatic rings. The lowest BCUT2D eigenvalue weighted by molar-refractivity contribution is -0.129. The van der Waals surface area contributed by atoms with Gasteiger partial charge < -0.3 is 20.4 Å². The summed E-state index contributed by atoms with van der Waals surface area (Å²) in [4.78, 5) is 23.9. The highest BCUT2D eigenvalue weighted by molar-refractivity contribution is 5.73. The molecule has 1 amide bonds. The number of H-pyrrole nitrogens is 1. The van der Waals surface area contributed by atoms with Crippen LogP contribution in [0.4, 0.5) is 33.3 Å². The molecule has 1 aromatic carbocycles. The van der Waals surface area contributed by atoms with Gasteiger partial charge in [0, 0.05) is 61.7 Å². The van der Waals surface area contributed by atoms with Gasteiger partial charge in [0.1, 0.15) is 0 Å². The predicted octanol–water partition coefficient (Wildman–Crippen LogP) is 3.79. The summed E-state index contributed by atoms with van der Waals surface area (Å²) in [7, 11) is 0. The summed E-state index contributed by atoms with van der Waals surface area (Å²) >= 11 is 0. The maximum atomic E-state index is 14.3. The average Bonchev–Trinajstić information content (AvgIpc) is 3.26. The van der Waals surface area contributed by atoms with Crippen LogP contribution < -0.4 is 15.5 Å². The third-order valence-corrected chi connectivity index (χ3v) is 5.59. The van der Waals surface area contributed by atoms with E-state index in [1.807, 2.05) is 35.2 Å². The van der Waals surface area contributed by atoms with Gasteiger partial charge >= 0.3 is 0 Å². The molecule has 1 aliphatic heterocycles. The van der Waals surface area contributed by atoms with E-state index in [0.29, 0.717) is 5.82 Å². The second kappa shape index (κ2) is 9.05. The van der Waals surface area contributed by atoms with E-state index in [4.69, 9.17) is 0 Å². The summed E-state index contributed by atoms with van der Waals surface area (Å²) in [6.45, 7) is 10.8. The van der Waals surface area contributed by atoms with Crippen LogP contribution in [0, 0.1) is 5.82 Å². The number of nitrogens with one attached hydrogen (secondary N) is 3. The van der Waals surface area contributed by atoms with Gasteiger partial charge in [-0.05, 0) is 24.3 Å². The molecule has 33 heavy (non-hydrogen) atoms. The van der Waals surface area contributed by atoms with Crippen LogP contribution in [0.15, 0.2) is 36.5 Å². The molecule has 174 valence electrons. The molecule has 9 nitrogen and oxygen atoms in total. The first-order valence-corrected chi connectivity index (χ1v) is 10.9. The van der Waals surface area contributed by atoms with E-state index < -0.39 is 5.82 Å². The molecule has 0 spiro atoms. The highest BCUT2D eigenvalue weighted by atomic mass is 19.1. The van der Waals surface area contributed by atoms with Gasteiger partial charge in [0.2, 0.25) is 11.9 Å². The normalized spacial score (nSPS) is 14.3. The number of amides is 1. The molecule has 0 unspecified atom stereocenters. The first-order chi connectivity index (χ1) is 15.7. The van der Waals surface area contributed by atoms with E-state index >= 15 is 0 Å². The maximum absolute atomic E-state index is 14.3. The zero-order chi connectivity index (χ0) is 23.6. The van der Waals surface area contributed by atoms with E-state index in [-0.39, 0.29) is 23.1 Å². The molecule has 3 N–H and O–H groups in total. The van der Waals surface area contributed by atoms with E-state index in [2.05, 4.69) is 56.5 Å². The van der Waals surface area contributed by atoms with Crippen LogP contribution in [0.5, 0.6) is 0 Å². The van der Waals surface area contributed by atoms with Crippen LogP contribution in [0.25, 0.3) is 0 Å². The van der Waals surface area contributed by atoms with Gasteiger partial charge in [-0.3, -0.25) is 9.89 Å². The van der Waals surface area contributed by atoms with Crippen molar-refractivity contribution in [3.8, 4) is 0 Å². The fraction of sp³-hybridized carbons (Fsp3) is 0.391. The Hall–Kier alpha value is -3.69. The Morgan fingerprint density at radius 1 is 1.09 bits per heavy atom. The molecular formula is C23H29FN8O. The highest BCUT2D eigenvalue weighted by Gasteiger charge is 2.19. The molecule has 0 bridgehead atoms. The molecular weight excluding hydrogens is 423 g/mol. The Morgan fingerprint density at radius 3 is 2.39 bits per heavy atom. The quantitative estimate of drug-likeness (QED) is 0.541. The summed E-state index contributed by atoms with van der Waals surface area (Å²) in [6, 6.07) is 9.70. The predicted molar refractivity (Wildman–Crippen MR) is 127 cm³/mol. The summed E-state index contributed by atoms with van der Waals surface area (Å²) < 4.78 is 14.3. The number of anilines is 5. The largest absolute Gasteiger partial charge is 0.368 e. The van der Waals surface area contributed by atoms with E-state index in [1.165, 1.54) is 0 Å². The molecule has 2 aromatic heterocycles. The molecule has 3 heterocycles. The van der Waals surface area contributed by atoms with Crippen LogP contribution in [0.2, 0.25) is 0 Å². The minimum atomic E-state index is -0.569. The van der Waals surface area contributed by atoms with Crippen molar-refractivity contribution in [1.82, 2.24) is 25.1 Å². The van der Waals surface area contributed by atoms with Gasteiger partial charge in [0.15, 0.2) is 17.5 Å². The molecule has 0 aliphatic carbocycles. The van der Waals surface area contributed by atoms with Crippen LogP contribution in [0.1, 0.15) is 33.4 Å². The second-order valence-corrected chi connectivity index (χ2v) is 9.10. The van der Waals surface area contributed by atoms with Gasteiger partial charge in [-0.15, -0.1) is 0 Å². The number of aromatic amines is 1. The molecule has 4 rings (SSSR count). The van der Waals surface area contributed by atoms with Crippen LogP contribution in [-0.2, 0) is 10.2 Å². The Labute approximate surface area is 192 Å². The zero-order valence-electron chi connectivity index (χ0n) is 19.3. The summed E-state index contributed by atoms with van der Waals surface area (Å²) in [5.74, 6) is 0.343. The first kappa shape index (κ1) is 22.5. The van der Waals surface area contributed by atoms with Crippen LogP contribution in [0.3, 0.4) is 0 Å². The van der Waals surface area contributed by atoms with Gasteiger partial charge in [-0.1, -0.05) is 20.8 Å². The van der Waals surface area contributed by atoms with Crippen molar-refractivity contribution in [2.24, 2.45) is 0 Å².